The van der Waals surface area contributed by atoms with Crippen LogP contribution in [-0.2, 0) is 6.42 Å². The molecule has 2 unspecified atom stereocenters. The number of nitrogens with one attached hydrogen (secondary N) is 1. The van der Waals surface area contributed by atoms with Crippen molar-refractivity contribution in [2.75, 3.05) is 12.0 Å². The number of nitrogen functional groups attached to an aromatic ring is 1. The molecule has 110 valence electrons. The molecule has 0 aliphatic heterocycles. The third-order valence-electron chi connectivity index (χ3n) is 3.82. The van der Waals surface area contributed by atoms with Crippen molar-refractivity contribution in [3.05, 3.63) is 23.4 Å². The Morgan fingerprint density at radius 2 is 2.30 bits per heavy atom. The summed E-state index contributed by atoms with van der Waals surface area (Å²) in [5.74, 6) is 0.390. The summed E-state index contributed by atoms with van der Waals surface area (Å²) in [5, 5.41) is 3.81. The number of hydrogen-bond acceptors (Lipinski definition) is 4. The number of nitrogens with zero attached hydrogens (tertiary/aromatic N) is 1. The quantitative estimate of drug-likeness (QED) is 0.895. The Balaban J connectivity index is 2.02. The second-order valence-corrected chi connectivity index (χ2v) is 6.46. The first-order valence-electron chi connectivity index (χ1n) is 7.22. The van der Waals surface area contributed by atoms with Gasteiger partial charge < -0.3 is 11.1 Å². The number of rotatable bonds is 4. The van der Waals surface area contributed by atoms with Gasteiger partial charge in [0.15, 0.2) is 0 Å². The summed E-state index contributed by atoms with van der Waals surface area (Å²) >= 11 is 1.90. The van der Waals surface area contributed by atoms with E-state index in [0.717, 1.165) is 25.0 Å². The molecule has 2 atom stereocenters. The maximum Gasteiger partial charge on any atom is 0.251 e. The fourth-order valence-corrected chi connectivity index (χ4v) is 3.51. The highest BCUT2D eigenvalue weighted by Crippen LogP contribution is 2.27. The van der Waals surface area contributed by atoms with E-state index in [1.807, 2.05) is 24.8 Å². The second kappa shape index (κ2) is 6.97. The largest absolute Gasteiger partial charge is 0.384 e. The Morgan fingerprint density at radius 1 is 1.50 bits per heavy atom. The van der Waals surface area contributed by atoms with Gasteiger partial charge in [0, 0.05) is 22.5 Å². The van der Waals surface area contributed by atoms with E-state index in [1.54, 1.807) is 6.07 Å². The van der Waals surface area contributed by atoms with Gasteiger partial charge in [0.2, 0.25) is 0 Å². The number of hydrogen-bond donors (Lipinski definition) is 2. The summed E-state index contributed by atoms with van der Waals surface area (Å²) < 4.78 is 0. The van der Waals surface area contributed by atoms with Gasteiger partial charge in [-0.3, -0.25) is 4.79 Å². The Kier molecular flexibility index (Phi) is 5.29. The lowest BCUT2D eigenvalue weighted by molar-refractivity contribution is 0.0928. The van der Waals surface area contributed by atoms with Crippen molar-refractivity contribution in [2.45, 2.75) is 50.3 Å². The average molecular weight is 293 g/mol. The van der Waals surface area contributed by atoms with Crippen LogP contribution in [0.2, 0.25) is 0 Å². The van der Waals surface area contributed by atoms with Gasteiger partial charge in [-0.05, 0) is 44.1 Å². The summed E-state index contributed by atoms with van der Waals surface area (Å²) in [5.41, 5.74) is 7.24. The van der Waals surface area contributed by atoms with Crippen LogP contribution in [0.1, 0.15) is 48.7 Å². The van der Waals surface area contributed by atoms with Crippen molar-refractivity contribution in [3.63, 3.8) is 0 Å². The van der Waals surface area contributed by atoms with E-state index in [9.17, 15) is 4.79 Å². The molecule has 0 spiro atoms. The summed E-state index contributed by atoms with van der Waals surface area (Å²) in [6, 6.07) is 3.78. The van der Waals surface area contributed by atoms with Crippen LogP contribution in [0, 0.1) is 0 Å². The van der Waals surface area contributed by atoms with E-state index >= 15 is 0 Å². The maximum atomic E-state index is 12.3. The third kappa shape index (κ3) is 3.88. The van der Waals surface area contributed by atoms with Crippen LogP contribution in [0.5, 0.6) is 0 Å². The molecule has 2 rings (SSSR count). The zero-order valence-electron chi connectivity index (χ0n) is 12.2. The van der Waals surface area contributed by atoms with Crippen LogP contribution in [-0.4, -0.2) is 28.4 Å². The summed E-state index contributed by atoms with van der Waals surface area (Å²) in [7, 11) is 0. The molecule has 1 aliphatic rings. The first kappa shape index (κ1) is 15.2. The van der Waals surface area contributed by atoms with Gasteiger partial charge in [-0.15, -0.1) is 0 Å². The predicted octanol–water partition coefficient (Wildman–Crippen LogP) is 2.63. The number of carbonyl (C=O) groups is 1. The maximum absolute atomic E-state index is 12.3. The zero-order chi connectivity index (χ0) is 14.5. The summed E-state index contributed by atoms with van der Waals surface area (Å²) in [4.78, 5) is 16.5. The van der Waals surface area contributed by atoms with Crippen molar-refractivity contribution in [2.24, 2.45) is 0 Å². The molecule has 1 saturated carbocycles. The van der Waals surface area contributed by atoms with Crippen molar-refractivity contribution in [3.8, 4) is 0 Å². The summed E-state index contributed by atoms with van der Waals surface area (Å²) in [6.45, 7) is 2.01. The molecule has 20 heavy (non-hydrogen) atoms. The summed E-state index contributed by atoms with van der Waals surface area (Å²) in [6.07, 6.45) is 7.51. The zero-order valence-corrected chi connectivity index (χ0v) is 13.0. The van der Waals surface area contributed by atoms with E-state index in [0.29, 0.717) is 16.6 Å². The highest BCUT2D eigenvalue weighted by Gasteiger charge is 2.23. The van der Waals surface area contributed by atoms with Crippen LogP contribution in [0.3, 0.4) is 0 Å². The van der Waals surface area contributed by atoms with E-state index in [-0.39, 0.29) is 11.9 Å². The van der Waals surface area contributed by atoms with Gasteiger partial charge in [0.25, 0.3) is 5.91 Å². The number of pyridine rings is 1. The Labute approximate surface area is 124 Å². The molecule has 1 aliphatic carbocycles. The molecule has 0 saturated heterocycles. The average Bonchev–Trinajstić information content (AvgIpc) is 2.46. The number of anilines is 1. The highest BCUT2D eigenvalue weighted by molar-refractivity contribution is 7.99. The van der Waals surface area contributed by atoms with E-state index in [1.165, 1.54) is 12.8 Å². The molecule has 5 heteroatoms. The number of carbonyl (C=O) groups excluding carboxylic acids is 1. The fourth-order valence-electron chi connectivity index (χ4n) is 2.68. The lowest BCUT2D eigenvalue weighted by Crippen LogP contribution is -2.39. The minimum Gasteiger partial charge on any atom is -0.384 e. The van der Waals surface area contributed by atoms with Gasteiger partial charge in [0.1, 0.15) is 5.82 Å². The van der Waals surface area contributed by atoms with Gasteiger partial charge in [-0.2, -0.15) is 11.8 Å². The van der Waals surface area contributed by atoms with Gasteiger partial charge >= 0.3 is 0 Å². The van der Waals surface area contributed by atoms with Crippen LogP contribution in [0.25, 0.3) is 0 Å². The monoisotopic (exact) mass is 293 g/mol. The van der Waals surface area contributed by atoms with Crippen molar-refractivity contribution in [1.29, 1.82) is 0 Å². The fraction of sp³-hybridized carbons (Fsp3) is 0.600. The SMILES string of the molecule is CCc1cc(C(=O)NC2CCCC(SC)C2)cc(N)n1. The first-order valence-corrected chi connectivity index (χ1v) is 8.51. The van der Waals surface area contributed by atoms with Crippen LogP contribution in [0.15, 0.2) is 12.1 Å². The molecule has 0 aromatic carbocycles. The molecule has 1 aromatic heterocycles. The van der Waals surface area contributed by atoms with Gasteiger partial charge in [-0.1, -0.05) is 13.3 Å². The smallest absolute Gasteiger partial charge is 0.251 e. The molecule has 1 amide bonds. The standard InChI is InChI=1S/C15H23N3OS/c1-3-11-7-10(8-14(16)17-11)15(19)18-12-5-4-6-13(9-12)20-2/h7-8,12-13H,3-6,9H2,1-2H3,(H2,16,17)(H,18,19). The third-order valence-corrected chi connectivity index (χ3v) is 4.91. The normalized spacial score (nSPS) is 22.5. The number of amides is 1. The first-order chi connectivity index (χ1) is 9.62. The lowest BCUT2D eigenvalue weighted by atomic mass is 9.94. The lowest BCUT2D eigenvalue weighted by Gasteiger charge is -2.28. The van der Waals surface area contributed by atoms with Crippen LogP contribution >= 0.6 is 11.8 Å². The van der Waals surface area contributed by atoms with Gasteiger partial charge in [-0.25, -0.2) is 4.98 Å². The molecule has 1 fully saturated rings. The Bertz CT molecular complexity index is 478. The molecule has 1 heterocycles. The van der Waals surface area contributed by atoms with Crippen LogP contribution in [0.4, 0.5) is 5.82 Å². The Hall–Kier alpha value is -1.23. The molecule has 0 bridgehead atoms. The highest BCUT2D eigenvalue weighted by atomic mass is 32.2. The number of thioether (sulfide) groups is 1. The number of aromatic nitrogens is 1. The Morgan fingerprint density at radius 3 is 3.00 bits per heavy atom. The minimum absolute atomic E-state index is 0.0273. The van der Waals surface area contributed by atoms with Crippen molar-refractivity contribution < 1.29 is 4.79 Å². The van der Waals surface area contributed by atoms with E-state index in [2.05, 4.69) is 16.6 Å². The van der Waals surface area contributed by atoms with E-state index < -0.39 is 0 Å². The molecule has 3 N–H and O–H groups in total. The van der Waals surface area contributed by atoms with Gasteiger partial charge in [0.05, 0.1) is 0 Å². The predicted molar refractivity (Wildman–Crippen MR) is 85.1 cm³/mol. The second-order valence-electron chi connectivity index (χ2n) is 5.32. The minimum atomic E-state index is -0.0273. The van der Waals surface area contributed by atoms with Crippen LogP contribution < -0.4 is 11.1 Å². The van der Waals surface area contributed by atoms with E-state index in [4.69, 9.17) is 5.73 Å². The topological polar surface area (TPSA) is 68.0 Å². The van der Waals surface area contributed by atoms with Crippen molar-refractivity contribution >= 4 is 23.5 Å². The molecular formula is C15H23N3OS. The molecule has 4 nitrogen and oxygen atoms in total. The molecule has 1 aromatic rings. The number of aryl methyl sites for hydroxylation is 1. The molecular weight excluding hydrogens is 270 g/mol. The van der Waals surface area contributed by atoms with Crippen molar-refractivity contribution in [1.82, 2.24) is 10.3 Å². The molecule has 0 radical (unpaired) electrons. The number of nitrogens with two attached hydrogens (primary N) is 1.